The first kappa shape index (κ1) is 9.97. The number of hydrogen-bond acceptors (Lipinski definition) is 2. The average Bonchev–Trinajstić information content (AvgIpc) is 2.51. The zero-order valence-corrected chi connectivity index (χ0v) is 9.75. The molecule has 0 saturated heterocycles. The lowest BCUT2D eigenvalue weighted by Gasteiger charge is -2.02. The Morgan fingerprint density at radius 1 is 1.21 bits per heavy atom. The van der Waals surface area contributed by atoms with Crippen LogP contribution < -0.4 is 0 Å². The second kappa shape index (κ2) is 3.89. The first-order valence-corrected chi connectivity index (χ1v) is 5.68. The second-order valence-corrected chi connectivity index (χ2v) is 4.73. The molecule has 72 valence electrons. The van der Waals surface area contributed by atoms with E-state index >= 15 is 0 Å². The molecule has 1 nitrogen and oxygen atoms in total. The summed E-state index contributed by atoms with van der Waals surface area (Å²) < 4.78 is 0. The lowest BCUT2D eigenvalue weighted by atomic mass is 10.2. The molecule has 0 aliphatic rings. The topological polar surface area (TPSA) is 12.9 Å². The Bertz CT molecular complexity index is 445. The van der Waals surface area contributed by atoms with E-state index < -0.39 is 0 Å². The highest BCUT2D eigenvalue weighted by Crippen LogP contribution is 2.34. The summed E-state index contributed by atoms with van der Waals surface area (Å²) in [5, 5.41) is 4.25. The van der Waals surface area contributed by atoms with Crippen molar-refractivity contribution in [3.8, 4) is 11.3 Å². The van der Waals surface area contributed by atoms with E-state index in [-0.39, 0.29) is 0 Å². The van der Waals surface area contributed by atoms with Crippen LogP contribution in [0.5, 0.6) is 0 Å². The van der Waals surface area contributed by atoms with Gasteiger partial charge in [0.1, 0.15) is 0 Å². The fraction of sp³-hybridized carbons (Fsp3) is 0.100. The van der Waals surface area contributed by atoms with Gasteiger partial charge >= 0.3 is 0 Å². The summed E-state index contributed by atoms with van der Waals surface area (Å²) in [6, 6.07) is 5.46. The smallest absolute Gasteiger partial charge is 0.0901 e. The van der Waals surface area contributed by atoms with Crippen LogP contribution in [-0.2, 0) is 0 Å². The fourth-order valence-corrected chi connectivity index (χ4v) is 2.42. The van der Waals surface area contributed by atoms with Gasteiger partial charge in [-0.2, -0.15) is 0 Å². The molecule has 14 heavy (non-hydrogen) atoms. The highest BCUT2D eigenvalue weighted by molar-refractivity contribution is 7.09. The van der Waals surface area contributed by atoms with Crippen molar-refractivity contribution in [3.63, 3.8) is 0 Å². The summed E-state index contributed by atoms with van der Waals surface area (Å²) in [6.45, 7) is 1.96. The fourth-order valence-electron chi connectivity index (χ4n) is 1.22. The van der Waals surface area contributed by atoms with Crippen LogP contribution in [0.3, 0.4) is 0 Å². The first-order chi connectivity index (χ1) is 6.68. The van der Waals surface area contributed by atoms with E-state index in [2.05, 4.69) is 4.98 Å². The number of rotatable bonds is 1. The third kappa shape index (κ3) is 1.78. The zero-order chi connectivity index (χ0) is 10.1. The summed E-state index contributed by atoms with van der Waals surface area (Å²) in [5.74, 6) is 0. The molecule has 2 aromatic rings. The normalized spacial score (nSPS) is 10.5. The molecule has 0 aliphatic carbocycles. The van der Waals surface area contributed by atoms with Gasteiger partial charge in [-0.1, -0.05) is 29.3 Å². The molecule has 0 saturated carbocycles. The maximum absolute atomic E-state index is 6.05. The van der Waals surface area contributed by atoms with Gasteiger partial charge in [0.15, 0.2) is 0 Å². The molecule has 4 heteroatoms. The van der Waals surface area contributed by atoms with Crippen LogP contribution in [0.2, 0.25) is 10.0 Å². The highest BCUT2D eigenvalue weighted by Gasteiger charge is 2.10. The van der Waals surface area contributed by atoms with Gasteiger partial charge in [0.25, 0.3) is 0 Å². The number of nitrogens with zero attached hydrogens (tertiary/aromatic N) is 1. The first-order valence-electron chi connectivity index (χ1n) is 4.05. The minimum absolute atomic E-state index is 0.641. The number of halogens is 2. The Morgan fingerprint density at radius 2 is 1.86 bits per heavy atom. The van der Waals surface area contributed by atoms with Crippen LogP contribution in [0.15, 0.2) is 23.6 Å². The predicted molar refractivity (Wildman–Crippen MR) is 62.3 cm³/mol. The predicted octanol–water partition coefficient (Wildman–Crippen LogP) is 4.43. The van der Waals surface area contributed by atoms with Crippen LogP contribution in [-0.4, -0.2) is 4.98 Å². The Labute approximate surface area is 96.3 Å². The van der Waals surface area contributed by atoms with Crippen LogP contribution in [0, 0.1) is 6.92 Å². The van der Waals surface area contributed by atoms with Gasteiger partial charge in [-0.3, -0.25) is 0 Å². The van der Waals surface area contributed by atoms with Crippen molar-refractivity contribution in [3.05, 3.63) is 38.6 Å². The molecule has 0 spiro atoms. The summed E-state index contributed by atoms with van der Waals surface area (Å²) in [7, 11) is 0. The van der Waals surface area contributed by atoms with Crippen molar-refractivity contribution in [1.82, 2.24) is 4.98 Å². The molecule has 0 atom stereocenters. The van der Waals surface area contributed by atoms with E-state index in [9.17, 15) is 0 Å². The summed E-state index contributed by atoms with van der Waals surface area (Å²) in [5.41, 5.74) is 1.67. The Morgan fingerprint density at radius 3 is 2.36 bits per heavy atom. The molecule has 0 amide bonds. The molecular formula is C10H7Cl2NS. The Balaban J connectivity index is 2.61. The minimum Gasteiger partial charge on any atom is -0.241 e. The quantitative estimate of drug-likeness (QED) is 0.723. The summed E-state index contributed by atoms with van der Waals surface area (Å²) in [6.07, 6.45) is 0. The van der Waals surface area contributed by atoms with Crippen molar-refractivity contribution in [2.75, 3.05) is 0 Å². The van der Waals surface area contributed by atoms with E-state index in [1.54, 1.807) is 11.3 Å². The zero-order valence-electron chi connectivity index (χ0n) is 7.42. The third-order valence-electron chi connectivity index (χ3n) is 1.84. The molecule has 0 unspecified atom stereocenters. The van der Waals surface area contributed by atoms with Gasteiger partial charge in [0, 0.05) is 10.9 Å². The van der Waals surface area contributed by atoms with E-state index in [0.29, 0.717) is 10.0 Å². The number of benzene rings is 1. The lowest BCUT2D eigenvalue weighted by molar-refractivity contribution is 1.30. The van der Waals surface area contributed by atoms with E-state index in [0.717, 1.165) is 16.3 Å². The van der Waals surface area contributed by atoms with Gasteiger partial charge in [0.2, 0.25) is 0 Å². The van der Waals surface area contributed by atoms with Crippen molar-refractivity contribution >= 4 is 34.5 Å². The van der Waals surface area contributed by atoms with Gasteiger partial charge in [-0.15, -0.1) is 11.3 Å². The SMILES string of the molecule is Cc1nc(-c2c(Cl)cccc2Cl)cs1. The van der Waals surface area contributed by atoms with Gasteiger partial charge in [0.05, 0.1) is 20.7 Å². The van der Waals surface area contributed by atoms with Gasteiger partial charge in [-0.05, 0) is 19.1 Å². The van der Waals surface area contributed by atoms with Crippen LogP contribution in [0.4, 0.5) is 0 Å². The van der Waals surface area contributed by atoms with Crippen molar-refractivity contribution in [2.45, 2.75) is 6.92 Å². The van der Waals surface area contributed by atoms with Crippen LogP contribution >= 0.6 is 34.5 Å². The van der Waals surface area contributed by atoms with E-state index in [1.807, 2.05) is 30.5 Å². The molecule has 0 radical (unpaired) electrons. The molecular weight excluding hydrogens is 237 g/mol. The second-order valence-electron chi connectivity index (χ2n) is 2.85. The lowest BCUT2D eigenvalue weighted by Crippen LogP contribution is -1.81. The molecule has 0 fully saturated rings. The highest BCUT2D eigenvalue weighted by atomic mass is 35.5. The molecule has 1 aromatic heterocycles. The minimum atomic E-state index is 0.641. The molecule has 1 heterocycles. The maximum atomic E-state index is 6.05. The maximum Gasteiger partial charge on any atom is 0.0901 e. The summed E-state index contributed by atoms with van der Waals surface area (Å²) >= 11 is 13.7. The van der Waals surface area contributed by atoms with E-state index in [1.165, 1.54) is 0 Å². The number of thiazole rings is 1. The molecule has 0 N–H and O–H groups in total. The van der Waals surface area contributed by atoms with Gasteiger partial charge in [-0.25, -0.2) is 4.98 Å². The number of hydrogen-bond donors (Lipinski definition) is 0. The largest absolute Gasteiger partial charge is 0.241 e. The number of aromatic nitrogens is 1. The van der Waals surface area contributed by atoms with Crippen molar-refractivity contribution < 1.29 is 0 Å². The monoisotopic (exact) mass is 243 g/mol. The van der Waals surface area contributed by atoms with Crippen LogP contribution in [0.25, 0.3) is 11.3 Å². The van der Waals surface area contributed by atoms with Crippen LogP contribution in [0.1, 0.15) is 5.01 Å². The summed E-state index contributed by atoms with van der Waals surface area (Å²) in [4.78, 5) is 4.35. The Kier molecular flexibility index (Phi) is 2.77. The Hall–Kier alpha value is -0.570. The van der Waals surface area contributed by atoms with Gasteiger partial charge < -0.3 is 0 Å². The molecule has 2 rings (SSSR count). The van der Waals surface area contributed by atoms with Crippen molar-refractivity contribution in [1.29, 1.82) is 0 Å². The number of aryl methyl sites for hydroxylation is 1. The molecule has 1 aromatic carbocycles. The van der Waals surface area contributed by atoms with E-state index in [4.69, 9.17) is 23.2 Å². The third-order valence-corrected chi connectivity index (χ3v) is 3.24. The average molecular weight is 244 g/mol. The standard InChI is InChI=1S/C10H7Cl2NS/c1-6-13-9(5-14-6)10-7(11)3-2-4-8(10)12/h2-5H,1H3. The molecule has 0 aliphatic heterocycles. The molecule has 0 bridgehead atoms. The van der Waals surface area contributed by atoms with Crippen molar-refractivity contribution in [2.24, 2.45) is 0 Å².